The molecule has 326 valence electrons. The molecule has 2 aliphatic heterocycles. The van der Waals surface area contributed by atoms with Crippen LogP contribution in [0.2, 0.25) is 0 Å². The normalized spacial score (nSPS) is 15.9. The molecule has 3 aromatic carbocycles. The van der Waals surface area contributed by atoms with E-state index in [2.05, 4.69) is 32.0 Å². The number of carbonyl (C=O) groups excluding carboxylic acids is 6. The zero-order valence-electron chi connectivity index (χ0n) is 34.3. The predicted molar refractivity (Wildman–Crippen MR) is 227 cm³/mol. The molecule has 0 aliphatic carbocycles. The van der Waals surface area contributed by atoms with Gasteiger partial charge >= 0.3 is 11.9 Å². The summed E-state index contributed by atoms with van der Waals surface area (Å²) in [5.41, 5.74) is 5.71. The number of hydrogen-bond donors (Lipinski definition) is 0. The number of ether oxygens (including phenoxy) is 4. The Kier molecular flexibility index (Phi) is 18.3. The Balaban J connectivity index is 0.00000480. The van der Waals surface area contributed by atoms with Gasteiger partial charge in [0.1, 0.15) is 24.5 Å². The second-order valence-corrected chi connectivity index (χ2v) is 14.9. The van der Waals surface area contributed by atoms with Crippen molar-refractivity contribution in [2.45, 2.75) is 125 Å². The van der Waals surface area contributed by atoms with Crippen LogP contribution in [0, 0.1) is 20.8 Å². The van der Waals surface area contributed by atoms with E-state index in [1.807, 2.05) is 32.0 Å². The highest BCUT2D eigenvalue weighted by Crippen LogP contribution is 2.37. The Morgan fingerprint density at radius 3 is 2.22 bits per heavy atom. The smallest absolute Gasteiger partial charge is 0.333 e. The summed E-state index contributed by atoms with van der Waals surface area (Å²) in [7, 11) is 3.14. The van der Waals surface area contributed by atoms with Crippen molar-refractivity contribution in [1.82, 2.24) is 9.96 Å². The van der Waals surface area contributed by atoms with Gasteiger partial charge in [-0.2, -0.15) is 0 Å². The highest BCUT2D eigenvalue weighted by atomic mass is 16.7. The van der Waals surface area contributed by atoms with E-state index in [0.29, 0.717) is 60.1 Å². The number of methoxy groups -OCH3 is 2. The minimum Gasteiger partial charge on any atom is -0.493 e. The molecule has 3 amide bonds. The zero-order valence-corrected chi connectivity index (χ0v) is 34.3. The van der Waals surface area contributed by atoms with Gasteiger partial charge in [0.15, 0.2) is 17.3 Å². The summed E-state index contributed by atoms with van der Waals surface area (Å²) in [5, 5.41) is 0.449. The first-order valence-corrected chi connectivity index (χ1v) is 19.9. The number of hydrogen-bond acceptors (Lipinski definition) is 11. The Bertz CT molecular complexity index is 1990. The Hall–Kier alpha value is -5.72. The van der Waals surface area contributed by atoms with Crippen LogP contribution in [-0.4, -0.2) is 78.8 Å². The van der Waals surface area contributed by atoms with Gasteiger partial charge in [-0.05, 0) is 111 Å². The summed E-state index contributed by atoms with van der Waals surface area (Å²) in [6.45, 7) is 8.05. The summed E-state index contributed by atoms with van der Waals surface area (Å²) in [6, 6.07) is 16.2. The van der Waals surface area contributed by atoms with E-state index in [9.17, 15) is 28.8 Å². The lowest BCUT2D eigenvalue weighted by molar-refractivity contribution is -0.197. The van der Waals surface area contributed by atoms with Crippen LogP contribution in [0.15, 0.2) is 54.6 Å². The highest BCUT2D eigenvalue weighted by Gasteiger charge is 2.38. The van der Waals surface area contributed by atoms with E-state index < -0.39 is 47.6 Å². The van der Waals surface area contributed by atoms with Crippen molar-refractivity contribution in [2.75, 3.05) is 27.4 Å². The average Bonchev–Trinajstić information content (AvgIpc) is 3.54. The molecule has 3 atom stereocenters. The number of piperidine rings is 1. The fraction of sp³-hybridized carbons (Fsp3) is 0.489. The molecular formula is C47H62N2O11. The standard InChI is InChI=1S/C45H54N2O11.2CH4/c1-7-36(33-24-30(4)43(55-6)39(26-33)54-5)44(52)46-22-9-8-13-37(46)45(53)57-38(18-16-31-15-14-28(2)29(3)23-31)32-11-10-12-35(25-32)56-27-34(48)17-21-42(51)58-47-40(49)19-20-41(47)50;;/h10-12,14-15,23-26,36-38H,7-9,13,16-22,27H2,1-6H3;2*1H4/t36-,37-,38+;;/m0../s1. The molecular weight excluding hydrogens is 769 g/mol. The lowest BCUT2D eigenvalue weighted by Crippen LogP contribution is -2.50. The van der Waals surface area contributed by atoms with Crippen molar-refractivity contribution >= 4 is 35.4 Å². The maximum absolute atomic E-state index is 14.3. The Morgan fingerprint density at radius 1 is 0.817 bits per heavy atom. The Labute approximate surface area is 354 Å². The van der Waals surface area contributed by atoms with Gasteiger partial charge in [-0.15, -0.1) is 5.06 Å². The van der Waals surface area contributed by atoms with Crippen molar-refractivity contribution in [3.63, 3.8) is 0 Å². The summed E-state index contributed by atoms with van der Waals surface area (Å²) >= 11 is 0. The molecule has 60 heavy (non-hydrogen) atoms. The number of aryl methyl sites for hydroxylation is 4. The van der Waals surface area contributed by atoms with Crippen molar-refractivity contribution in [2.24, 2.45) is 0 Å². The Morgan fingerprint density at radius 2 is 1.55 bits per heavy atom. The van der Waals surface area contributed by atoms with Gasteiger partial charge in [0.05, 0.1) is 26.6 Å². The summed E-state index contributed by atoms with van der Waals surface area (Å²) < 4.78 is 23.3. The third-order valence-electron chi connectivity index (χ3n) is 10.8. The molecule has 0 radical (unpaired) electrons. The lowest BCUT2D eigenvalue weighted by Gasteiger charge is -2.37. The van der Waals surface area contributed by atoms with Crippen molar-refractivity contribution in [1.29, 1.82) is 0 Å². The summed E-state index contributed by atoms with van der Waals surface area (Å²) in [6.07, 6.45) is 2.29. The van der Waals surface area contributed by atoms with Gasteiger partial charge in [0, 0.05) is 25.8 Å². The topological polar surface area (TPSA) is 155 Å². The van der Waals surface area contributed by atoms with Crippen molar-refractivity contribution in [3.05, 3.63) is 88.0 Å². The molecule has 2 saturated heterocycles. The molecule has 13 heteroatoms. The van der Waals surface area contributed by atoms with Crippen LogP contribution < -0.4 is 14.2 Å². The molecule has 2 fully saturated rings. The van der Waals surface area contributed by atoms with Crippen LogP contribution in [0.4, 0.5) is 0 Å². The number of amides is 3. The number of Topliss-reactive ketones (excluding diaryl/α,β-unsaturated/α-hetero) is 1. The average molecular weight is 831 g/mol. The van der Waals surface area contributed by atoms with E-state index in [-0.39, 0.29) is 53.1 Å². The molecule has 2 aliphatic rings. The molecule has 0 bridgehead atoms. The quantitative estimate of drug-likeness (QED) is 0.0904. The minimum absolute atomic E-state index is 0. The van der Waals surface area contributed by atoms with Gasteiger partial charge in [0.2, 0.25) is 5.91 Å². The predicted octanol–water partition coefficient (Wildman–Crippen LogP) is 8.03. The zero-order chi connectivity index (χ0) is 41.9. The molecule has 0 aromatic heterocycles. The molecule has 0 spiro atoms. The third-order valence-corrected chi connectivity index (χ3v) is 10.8. The molecule has 13 nitrogen and oxygen atoms in total. The molecule has 0 saturated carbocycles. The number of benzene rings is 3. The van der Waals surface area contributed by atoms with Crippen LogP contribution in [0.1, 0.15) is 125 Å². The molecule has 3 aromatic rings. The van der Waals surface area contributed by atoms with Crippen LogP contribution in [0.3, 0.4) is 0 Å². The van der Waals surface area contributed by atoms with Gasteiger partial charge in [-0.25, -0.2) is 9.59 Å². The van der Waals surface area contributed by atoms with Crippen LogP contribution in [0.5, 0.6) is 17.2 Å². The minimum atomic E-state index is -0.869. The molecule has 0 unspecified atom stereocenters. The monoisotopic (exact) mass is 830 g/mol. The van der Waals surface area contributed by atoms with E-state index in [1.54, 1.807) is 37.3 Å². The van der Waals surface area contributed by atoms with E-state index in [4.69, 9.17) is 23.8 Å². The number of carbonyl (C=O) groups is 6. The second kappa shape index (κ2) is 22.6. The highest BCUT2D eigenvalue weighted by molar-refractivity contribution is 6.01. The van der Waals surface area contributed by atoms with E-state index in [0.717, 1.165) is 35.1 Å². The first kappa shape index (κ1) is 48.6. The largest absolute Gasteiger partial charge is 0.493 e. The van der Waals surface area contributed by atoms with Crippen LogP contribution in [0.25, 0.3) is 0 Å². The number of esters is 1. The van der Waals surface area contributed by atoms with Gasteiger partial charge in [0.25, 0.3) is 11.8 Å². The van der Waals surface area contributed by atoms with Crippen LogP contribution >= 0.6 is 0 Å². The number of nitrogens with zero attached hydrogens (tertiary/aromatic N) is 2. The van der Waals surface area contributed by atoms with Crippen LogP contribution in [-0.2, 0) is 44.8 Å². The maximum atomic E-state index is 14.3. The van der Waals surface area contributed by atoms with E-state index >= 15 is 0 Å². The molecule has 5 rings (SSSR count). The van der Waals surface area contributed by atoms with Gasteiger partial charge < -0.3 is 28.7 Å². The molecule has 0 N–H and O–H groups in total. The third kappa shape index (κ3) is 12.2. The fourth-order valence-corrected chi connectivity index (χ4v) is 7.43. The number of ketones is 1. The summed E-state index contributed by atoms with van der Waals surface area (Å²) in [5.74, 6) is -2.08. The lowest BCUT2D eigenvalue weighted by atomic mass is 9.91. The van der Waals surface area contributed by atoms with Crippen molar-refractivity contribution < 1.29 is 52.6 Å². The maximum Gasteiger partial charge on any atom is 0.333 e. The summed E-state index contributed by atoms with van der Waals surface area (Å²) in [4.78, 5) is 83.4. The fourth-order valence-electron chi connectivity index (χ4n) is 7.43. The van der Waals surface area contributed by atoms with Gasteiger partial charge in [-0.1, -0.05) is 58.2 Å². The number of hydroxylamine groups is 2. The SMILES string of the molecule is C.C.CC[C@H](C(=O)N1CCCC[C@H]1C(=O)O[C@H](CCc1ccc(C)c(C)c1)c1cccc(OCC(=O)CCC(=O)ON2C(=O)CCC2=O)c1)c1cc(C)c(OC)c(OC)c1. The first-order valence-electron chi connectivity index (χ1n) is 19.9. The van der Waals surface area contributed by atoms with Gasteiger partial charge in [-0.3, -0.25) is 19.2 Å². The number of rotatable bonds is 18. The second-order valence-electron chi connectivity index (χ2n) is 14.9. The number of likely N-dealkylation sites (tertiary alicyclic amines) is 1. The van der Waals surface area contributed by atoms with E-state index in [1.165, 1.54) is 5.56 Å². The first-order chi connectivity index (χ1) is 27.8. The number of imide groups is 1. The molecule has 2 heterocycles. The van der Waals surface area contributed by atoms with Crippen molar-refractivity contribution in [3.8, 4) is 17.2 Å².